The van der Waals surface area contributed by atoms with Gasteiger partial charge in [-0.3, -0.25) is 0 Å². The Labute approximate surface area is 132 Å². The van der Waals surface area contributed by atoms with Crippen LogP contribution in [0.2, 0.25) is 0 Å². The highest BCUT2D eigenvalue weighted by atomic mass is 16.5. The number of allylic oxidation sites excluding steroid dienone is 3. The SMILES string of the molecule is COc1ccc2c(c1)C1=CC3=C(C)N(C)CCC3=C(C)C1N2. The van der Waals surface area contributed by atoms with Crippen LogP contribution >= 0.6 is 0 Å². The zero-order valence-electron chi connectivity index (χ0n) is 13.7. The molecule has 0 bridgehead atoms. The summed E-state index contributed by atoms with van der Waals surface area (Å²) in [5.41, 5.74) is 9.64. The minimum atomic E-state index is 0.317. The summed E-state index contributed by atoms with van der Waals surface area (Å²) >= 11 is 0. The van der Waals surface area contributed by atoms with Crippen LogP contribution in [-0.2, 0) is 0 Å². The van der Waals surface area contributed by atoms with Gasteiger partial charge in [-0.05, 0) is 66.8 Å². The first kappa shape index (κ1) is 13.5. The average molecular weight is 294 g/mol. The molecule has 0 saturated heterocycles. The van der Waals surface area contributed by atoms with Crippen molar-refractivity contribution in [3.8, 4) is 5.75 Å². The molecule has 22 heavy (non-hydrogen) atoms. The molecule has 114 valence electrons. The number of rotatable bonds is 1. The second-order valence-electron chi connectivity index (χ2n) is 6.42. The summed E-state index contributed by atoms with van der Waals surface area (Å²) < 4.78 is 5.40. The van der Waals surface area contributed by atoms with E-state index in [2.05, 4.69) is 49.3 Å². The van der Waals surface area contributed by atoms with E-state index in [-0.39, 0.29) is 0 Å². The highest BCUT2D eigenvalue weighted by Crippen LogP contribution is 2.46. The van der Waals surface area contributed by atoms with Crippen molar-refractivity contribution in [2.75, 3.05) is 26.0 Å². The molecular formula is C19H22N2O. The van der Waals surface area contributed by atoms with E-state index in [9.17, 15) is 0 Å². The van der Waals surface area contributed by atoms with Crippen LogP contribution in [0, 0.1) is 0 Å². The maximum Gasteiger partial charge on any atom is 0.119 e. The monoisotopic (exact) mass is 294 g/mol. The molecule has 4 rings (SSSR count). The number of nitrogens with zero attached hydrogens (tertiary/aromatic N) is 1. The first-order valence-electron chi connectivity index (χ1n) is 7.88. The number of anilines is 1. The molecular weight excluding hydrogens is 272 g/mol. The predicted molar refractivity (Wildman–Crippen MR) is 91.0 cm³/mol. The lowest BCUT2D eigenvalue weighted by atomic mass is 9.80. The second-order valence-corrected chi connectivity index (χ2v) is 6.42. The van der Waals surface area contributed by atoms with Gasteiger partial charge in [0, 0.05) is 30.5 Å². The maximum absolute atomic E-state index is 5.40. The number of ether oxygens (including phenoxy) is 1. The number of methoxy groups -OCH3 is 1. The Hall–Kier alpha value is -2.16. The Balaban J connectivity index is 1.90. The normalized spacial score (nSPS) is 22.8. The van der Waals surface area contributed by atoms with Crippen molar-refractivity contribution in [1.29, 1.82) is 0 Å². The third kappa shape index (κ3) is 1.75. The van der Waals surface area contributed by atoms with Crippen molar-refractivity contribution in [1.82, 2.24) is 4.90 Å². The number of hydrogen-bond donors (Lipinski definition) is 1. The molecule has 0 aromatic heterocycles. The van der Waals surface area contributed by atoms with Gasteiger partial charge in [0.05, 0.1) is 13.2 Å². The van der Waals surface area contributed by atoms with Crippen molar-refractivity contribution >= 4 is 11.3 Å². The van der Waals surface area contributed by atoms with E-state index in [0.717, 1.165) is 18.7 Å². The Morgan fingerprint density at radius 1 is 1.27 bits per heavy atom. The van der Waals surface area contributed by atoms with E-state index < -0.39 is 0 Å². The molecule has 1 aromatic rings. The minimum Gasteiger partial charge on any atom is -0.497 e. The molecule has 1 aromatic carbocycles. The van der Waals surface area contributed by atoms with Gasteiger partial charge in [-0.25, -0.2) is 0 Å². The van der Waals surface area contributed by atoms with E-state index >= 15 is 0 Å². The van der Waals surface area contributed by atoms with Crippen molar-refractivity contribution in [2.45, 2.75) is 26.3 Å². The molecule has 3 heteroatoms. The molecule has 0 radical (unpaired) electrons. The molecule has 0 spiro atoms. The summed E-state index contributed by atoms with van der Waals surface area (Å²) in [7, 11) is 3.91. The second kappa shape index (κ2) is 4.67. The van der Waals surface area contributed by atoms with Crippen LogP contribution in [0.4, 0.5) is 5.69 Å². The quantitative estimate of drug-likeness (QED) is 0.852. The molecule has 2 aliphatic heterocycles. The fraction of sp³-hybridized carbons (Fsp3) is 0.368. The zero-order valence-corrected chi connectivity index (χ0v) is 13.7. The zero-order chi connectivity index (χ0) is 15.4. The molecule has 2 heterocycles. The molecule has 0 saturated carbocycles. The summed E-state index contributed by atoms with van der Waals surface area (Å²) in [6.45, 7) is 5.62. The van der Waals surface area contributed by atoms with E-state index in [1.807, 2.05) is 6.07 Å². The Kier molecular flexibility index (Phi) is 2.86. The van der Waals surface area contributed by atoms with Crippen LogP contribution in [0.1, 0.15) is 25.8 Å². The first-order chi connectivity index (χ1) is 10.6. The molecule has 1 aliphatic carbocycles. The maximum atomic E-state index is 5.40. The van der Waals surface area contributed by atoms with Gasteiger partial charge in [-0.2, -0.15) is 0 Å². The van der Waals surface area contributed by atoms with Gasteiger partial charge >= 0.3 is 0 Å². The Morgan fingerprint density at radius 3 is 2.86 bits per heavy atom. The summed E-state index contributed by atoms with van der Waals surface area (Å²) in [5.74, 6) is 0.918. The van der Waals surface area contributed by atoms with Crippen molar-refractivity contribution in [2.24, 2.45) is 0 Å². The predicted octanol–water partition coefficient (Wildman–Crippen LogP) is 3.81. The lowest BCUT2D eigenvalue weighted by Gasteiger charge is -2.34. The Bertz CT molecular complexity index is 755. The molecule has 3 aliphatic rings. The van der Waals surface area contributed by atoms with Crippen molar-refractivity contribution in [3.63, 3.8) is 0 Å². The van der Waals surface area contributed by atoms with E-state index in [1.165, 1.54) is 39.2 Å². The van der Waals surface area contributed by atoms with Crippen LogP contribution in [-0.4, -0.2) is 31.6 Å². The highest BCUT2D eigenvalue weighted by Gasteiger charge is 2.34. The lowest BCUT2D eigenvalue weighted by Crippen LogP contribution is -2.29. The number of benzene rings is 1. The Morgan fingerprint density at radius 2 is 2.09 bits per heavy atom. The molecule has 0 amide bonds. The van der Waals surface area contributed by atoms with Crippen molar-refractivity contribution < 1.29 is 4.74 Å². The van der Waals surface area contributed by atoms with Gasteiger partial charge < -0.3 is 15.0 Å². The molecule has 0 fully saturated rings. The lowest BCUT2D eigenvalue weighted by molar-refractivity contribution is 0.404. The van der Waals surface area contributed by atoms with Crippen LogP contribution in [0.15, 0.2) is 46.7 Å². The van der Waals surface area contributed by atoms with E-state index in [4.69, 9.17) is 4.74 Å². The fourth-order valence-corrected chi connectivity index (χ4v) is 3.84. The molecule has 1 N–H and O–H groups in total. The molecule has 1 unspecified atom stereocenters. The van der Waals surface area contributed by atoms with Crippen LogP contribution in [0.25, 0.3) is 5.57 Å². The fourth-order valence-electron chi connectivity index (χ4n) is 3.84. The average Bonchev–Trinajstić information content (AvgIpc) is 2.90. The molecule has 3 nitrogen and oxygen atoms in total. The van der Waals surface area contributed by atoms with Gasteiger partial charge in [0.25, 0.3) is 0 Å². The summed E-state index contributed by atoms with van der Waals surface area (Å²) in [6.07, 6.45) is 3.52. The third-order valence-corrected chi connectivity index (χ3v) is 5.34. The summed E-state index contributed by atoms with van der Waals surface area (Å²) in [6, 6.07) is 6.62. The van der Waals surface area contributed by atoms with Gasteiger partial charge in [0.15, 0.2) is 0 Å². The highest BCUT2D eigenvalue weighted by molar-refractivity contribution is 5.93. The van der Waals surface area contributed by atoms with Crippen LogP contribution < -0.4 is 10.1 Å². The standard InChI is InChI=1S/C19H22N2O/c1-11-14-7-8-21(3)12(2)15(14)10-17-16-9-13(22-4)5-6-18(16)20-19(11)17/h5-6,9-10,19-20H,7-8H2,1-4H3. The largest absolute Gasteiger partial charge is 0.497 e. The van der Waals surface area contributed by atoms with E-state index in [1.54, 1.807) is 7.11 Å². The smallest absolute Gasteiger partial charge is 0.119 e. The number of hydrogen-bond acceptors (Lipinski definition) is 3. The summed E-state index contributed by atoms with van der Waals surface area (Å²) in [4.78, 5) is 2.36. The van der Waals surface area contributed by atoms with Gasteiger partial charge in [-0.1, -0.05) is 0 Å². The van der Waals surface area contributed by atoms with Crippen LogP contribution in [0.3, 0.4) is 0 Å². The number of nitrogens with one attached hydrogen (secondary N) is 1. The summed E-state index contributed by atoms with van der Waals surface area (Å²) in [5, 5.41) is 3.68. The topological polar surface area (TPSA) is 24.5 Å². The van der Waals surface area contributed by atoms with Crippen LogP contribution in [0.5, 0.6) is 5.75 Å². The first-order valence-corrected chi connectivity index (χ1v) is 7.88. The third-order valence-electron chi connectivity index (χ3n) is 5.34. The van der Waals surface area contributed by atoms with Gasteiger partial charge in [-0.15, -0.1) is 0 Å². The number of fused-ring (bicyclic) bond motifs is 4. The van der Waals surface area contributed by atoms with Gasteiger partial charge in [0.2, 0.25) is 0 Å². The minimum absolute atomic E-state index is 0.317. The van der Waals surface area contributed by atoms with E-state index in [0.29, 0.717) is 6.04 Å². The van der Waals surface area contributed by atoms with Gasteiger partial charge in [0.1, 0.15) is 5.75 Å². The molecule has 1 atom stereocenters. The van der Waals surface area contributed by atoms with Crippen molar-refractivity contribution in [3.05, 3.63) is 52.3 Å².